The maximum absolute atomic E-state index is 4.48. The highest BCUT2D eigenvalue weighted by Crippen LogP contribution is 2.19. The summed E-state index contributed by atoms with van der Waals surface area (Å²) in [6.07, 6.45) is 1.88. The molecule has 2 rings (SSSR count). The Bertz CT molecular complexity index is 566. The largest absolute Gasteiger partial charge is 0.355 e. The number of nitrogens with zero attached hydrogens (tertiary/aromatic N) is 2. The molecule has 0 aliphatic carbocycles. The van der Waals surface area contributed by atoms with Crippen LogP contribution in [0.25, 0.3) is 0 Å². The molecule has 0 radical (unpaired) electrons. The molecule has 0 aliphatic heterocycles. The Morgan fingerprint density at radius 3 is 2.70 bits per heavy atom. The summed E-state index contributed by atoms with van der Waals surface area (Å²) in [5.41, 5.74) is 3.91. The smallest absolute Gasteiger partial charge is 0.128 e. The van der Waals surface area contributed by atoms with Crippen molar-refractivity contribution >= 4 is 5.82 Å². The van der Waals surface area contributed by atoms with Gasteiger partial charge < -0.3 is 10.2 Å². The van der Waals surface area contributed by atoms with Crippen molar-refractivity contribution in [3.63, 3.8) is 0 Å². The fourth-order valence-electron chi connectivity index (χ4n) is 2.20. The van der Waals surface area contributed by atoms with Gasteiger partial charge in [-0.05, 0) is 49.7 Å². The molecule has 0 spiro atoms. The quantitative estimate of drug-likeness (QED) is 0.902. The predicted octanol–water partition coefficient (Wildman–Crippen LogP) is 3.31. The molecule has 1 aromatic carbocycles. The second-order valence-electron chi connectivity index (χ2n) is 5.24. The number of benzene rings is 1. The van der Waals surface area contributed by atoms with E-state index in [1.54, 1.807) is 0 Å². The molecule has 0 saturated heterocycles. The molecule has 1 heterocycles. The van der Waals surface area contributed by atoms with Crippen LogP contribution in [0.15, 0.2) is 42.6 Å². The molecule has 106 valence electrons. The van der Waals surface area contributed by atoms with Crippen LogP contribution in [0.4, 0.5) is 5.82 Å². The van der Waals surface area contributed by atoms with E-state index in [0.29, 0.717) is 6.04 Å². The molecule has 0 aliphatic rings. The van der Waals surface area contributed by atoms with Crippen molar-refractivity contribution < 1.29 is 0 Å². The van der Waals surface area contributed by atoms with Crippen LogP contribution in [0.2, 0.25) is 0 Å². The van der Waals surface area contributed by atoms with Gasteiger partial charge in [0.2, 0.25) is 0 Å². The Kier molecular flexibility index (Phi) is 4.74. The van der Waals surface area contributed by atoms with Crippen LogP contribution in [-0.4, -0.2) is 19.1 Å². The van der Waals surface area contributed by atoms with E-state index in [2.05, 4.69) is 72.5 Å². The Balaban J connectivity index is 2.17. The highest BCUT2D eigenvalue weighted by Gasteiger charge is 2.08. The predicted molar refractivity (Wildman–Crippen MR) is 85.0 cm³/mol. The minimum Gasteiger partial charge on any atom is -0.355 e. The van der Waals surface area contributed by atoms with Crippen molar-refractivity contribution in [1.29, 1.82) is 0 Å². The lowest BCUT2D eigenvalue weighted by molar-refractivity contribution is 0.651. The Hall–Kier alpha value is -1.87. The summed E-state index contributed by atoms with van der Waals surface area (Å²) in [7, 11) is 4.06. The molecule has 3 heteroatoms. The Morgan fingerprint density at radius 2 is 2.00 bits per heavy atom. The highest BCUT2D eigenvalue weighted by molar-refractivity contribution is 5.42. The van der Waals surface area contributed by atoms with Gasteiger partial charge in [0, 0.05) is 25.8 Å². The van der Waals surface area contributed by atoms with E-state index >= 15 is 0 Å². The molecule has 3 nitrogen and oxygen atoms in total. The third kappa shape index (κ3) is 3.36. The van der Waals surface area contributed by atoms with Crippen LogP contribution >= 0.6 is 0 Å². The molecule has 0 bridgehead atoms. The third-order valence-corrected chi connectivity index (χ3v) is 3.76. The summed E-state index contributed by atoms with van der Waals surface area (Å²) < 4.78 is 0. The SMILES string of the molecule is CNC(C)c1ccnc(N(C)Cc2ccccc2C)c1. The van der Waals surface area contributed by atoms with Crippen molar-refractivity contribution in [3.05, 3.63) is 59.3 Å². The number of pyridine rings is 1. The van der Waals surface area contributed by atoms with Crippen LogP contribution in [0.3, 0.4) is 0 Å². The van der Waals surface area contributed by atoms with Crippen LogP contribution in [-0.2, 0) is 6.54 Å². The lowest BCUT2D eigenvalue weighted by Gasteiger charge is -2.21. The zero-order valence-electron chi connectivity index (χ0n) is 12.7. The van der Waals surface area contributed by atoms with Crippen LogP contribution < -0.4 is 10.2 Å². The van der Waals surface area contributed by atoms with Crippen molar-refractivity contribution in [3.8, 4) is 0 Å². The highest BCUT2D eigenvalue weighted by atomic mass is 15.2. The summed E-state index contributed by atoms with van der Waals surface area (Å²) in [6, 6.07) is 13.0. The van der Waals surface area contributed by atoms with Gasteiger partial charge in [-0.25, -0.2) is 4.98 Å². The van der Waals surface area contributed by atoms with Gasteiger partial charge in [0.15, 0.2) is 0 Å². The minimum atomic E-state index is 0.337. The number of hydrogen-bond acceptors (Lipinski definition) is 3. The van der Waals surface area contributed by atoms with Gasteiger partial charge in [-0.2, -0.15) is 0 Å². The van der Waals surface area contributed by atoms with Gasteiger partial charge in [0.1, 0.15) is 5.82 Å². The lowest BCUT2D eigenvalue weighted by Crippen LogP contribution is -2.19. The second-order valence-corrected chi connectivity index (χ2v) is 5.24. The first kappa shape index (κ1) is 14.5. The third-order valence-electron chi connectivity index (χ3n) is 3.76. The maximum Gasteiger partial charge on any atom is 0.128 e. The topological polar surface area (TPSA) is 28.2 Å². The molecule has 1 unspecified atom stereocenters. The zero-order chi connectivity index (χ0) is 14.5. The van der Waals surface area contributed by atoms with Crippen LogP contribution in [0.5, 0.6) is 0 Å². The van der Waals surface area contributed by atoms with Gasteiger partial charge in [-0.3, -0.25) is 0 Å². The number of aromatic nitrogens is 1. The van der Waals surface area contributed by atoms with E-state index in [-0.39, 0.29) is 0 Å². The van der Waals surface area contributed by atoms with E-state index in [1.807, 2.05) is 13.2 Å². The maximum atomic E-state index is 4.48. The van der Waals surface area contributed by atoms with E-state index in [1.165, 1.54) is 16.7 Å². The fraction of sp³-hybridized carbons (Fsp3) is 0.353. The molecule has 0 saturated carbocycles. The molecular formula is C17H23N3. The average Bonchev–Trinajstić information content (AvgIpc) is 2.49. The zero-order valence-corrected chi connectivity index (χ0v) is 12.7. The molecule has 1 aromatic heterocycles. The van der Waals surface area contributed by atoms with Crippen molar-refractivity contribution in [2.24, 2.45) is 0 Å². The van der Waals surface area contributed by atoms with Crippen molar-refractivity contribution in [2.75, 3.05) is 19.0 Å². The Labute approximate surface area is 121 Å². The summed E-state index contributed by atoms with van der Waals surface area (Å²) >= 11 is 0. The first-order chi connectivity index (χ1) is 9.61. The van der Waals surface area contributed by atoms with E-state index in [9.17, 15) is 0 Å². The molecular weight excluding hydrogens is 246 g/mol. The van der Waals surface area contributed by atoms with Gasteiger partial charge in [0.05, 0.1) is 0 Å². The molecule has 1 N–H and O–H groups in total. The molecule has 2 aromatic rings. The van der Waals surface area contributed by atoms with Crippen LogP contribution in [0, 0.1) is 6.92 Å². The normalized spacial score (nSPS) is 12.2. The number of rotatable bonds is 5. The molecule has 1 atom stereocenters. The molecule has 0 amide bonds. The lowest BCUT2D eigenvalue weighted by atomic mass is 10.1. The van der Waals surface area contributed by atoms with E-state index in [4.69, 9.17) is 0 Å². The van der Waals surface area contributed by atoms with Crippen molar-refractivity contribution in [1.82, 2.24) is 10.3 Å². The summed E-state index contributed by atoms with van der Waals surface area (Å²) in [5.74, 6) is 1.01. The molecule has 0 fully saturated rings. The van der Waals surface area contributed by atoms with E-state index < -0.39 is 0 Å². The summed E-state index contributed by atoms with van der Waals surface area (Å²) in [5, 5.41) is 3.26. The van der Waals surface area contributed by atoms with Crippen LogP contribution in [0.1, 0.15) is 29.7 Å². The van der Waals surface area contributed by atoms with Gasteiger partial charge in [-0.15, -0.1) is 0 Å². The number of anilines is 1. The van der Waals surface area contributed by atoms with Crippen molar-refractivity contribution in [2.45, 2.75) is 26.4 Å². The first-order valence-corrected chi connectivity index (χ1v) is 7.00. The summed E-state index contributed by atoms with van der Waals surface area (Å²) in [6.45, 7) is 5.17. The first-order valence-electron chi connectivity index (χ1n) is 7.00. The van der Waals surface area contributed by atoms with Gasteiger partial charge in [-0.1, -0.05) is 24.3 Å². The standard InChI is InChI=1S/C17H23N3/c1-13-7-5-6-8-16(13)12-20(4)17-11-15(9-10-19-17)14(2)18-3/h5-11,14,18H,12H2,1-4H3. The van der Waals surface area contributed by atoms with Gasteiger partial charge in [0.25, 0.3) is 0 Å². The van der Waals surface area contributed by atoms with Gasteiger partial charge >= 0.3 is 0 Å². The Morgan fingerprint density at radius 1 is 1.25 bits per heavy atom. The fourth-order valence-corrected chi connectivity index (χ4v) is 2.20. The minimum absolute atomic E-state index is 0.337. The number of hydrogen-bond donors (Lipinski definition) is 1. The summed E-state index contributed by atoms with van der Waals surface area (Å²) in [4.78, 5) is 6.67. The molecule has 20 heavy (non-hydrogen) atoms. The average molecular weight is 269 g/mol. The van der Waals surface area contributed by atoms with E-state index in [0.717, 1.165) is 12.4 Å². The number of aryl methyl sites for hydroxylation is 1. The number of nitrogens with one attached hydrogen (secondary N) is 1. The monoisotopic (exact) mass is 269 g/mol. The second kappa shape index (κ2) is 6.53.